The maximum absolute atomic E-state index is 13.4. The van der Waals surface area contributed by atoms with Crippen molar-refractivity contribution >= 4 is 27.6 Å². The highest BCUT2D eigenvalue weighted by Gasteiger charge is 2.33. The molecule has 0 unspecified atom stereocenters. The van der Waals surface area contributed by atoms with Crippen LogP contribution in [0, 0.1) is 5.89 Å². The van der Waals surface area contributed by atoms with Gasteiger partial charge in [0.25, 0.3) is 15.9 Å². The monoisotopic (exact) mass is 515 g/mol. The van der Waals surface area contributed by atoms with Crippen molar-refractivity contribution in [3.63, 3.8) is 0 Å². The van der Waals surface area contributed by atoms with Crippen LogP contribution in [-0.4, -0.2) is 41.4 Å². The summed E-state index contributed by atoms with van der Waals surface area (Å²) in [7, 11) is -4.34. The average Bonchev–Trinajstić information content (AvgIpc) is 3.24. The number of sulfonamides is 1. The number of amides is 1. The van der Waals surface area contributed by atoms with E-state index in [2.05, 4.69) is 9.97 Å². The Morgan fingerprint density at radius 1 is 1.17 bits per heavy atom. The predicted octanol–water partition coefficient (Wildman–Crippen LogP) is 3.82. The number of nitrogens with zero attached hydrogens (tertiary/aromatic N) is 4. The molecule has 36 heavy (non-hydrogen) atoms. The van der Waals surface area contributed by atoms with E-state index in [4.69, 9.17) is 20.3 Å². The fourth-order valence-corrected chi connectivity index (χ4v) is 5.21. The highest BCUT2D eigenvalue weighted by molar-refractivity contribution is 7.90. The Kier molecular flexibility index (Phi) is 5.06. The Balaban J connectivity index is 1.69. The minimum absolute atomic E-state index is 0.00180. The van der Waals surface area contributed by atoms with E-state index in [1.54, 1.807) is 6.07 Å². The Morgan fingerprint density at radius 3 is 2.56 bits per heavy atom. The third-order valence-electron chi connectivity index (χ3n) is 6.04. The molecule has 0 spiro atoms. The molecule has 0 bridgehead atoms. The largest absolute Gasteiger partial charge is 0.384 e. The third-order valence-corrected chi connectivity index (χ3v) is 7.27. The van der Waals surface area contributed by atoms with E-state index in [1.807, 2.05) is 23.5 Å². The molecule has 3 N–H and O–H groups in total. The van der Waals surface area contributed by atoms with Crippen LogP contribution in [0.2, 0.25) is 0 Å². The predicted molar refractivity (Wildman–Crippen MR) is 140 cm³/mol. The normalized spacial score (nSPS) is 21.8. The number of rotatable bonds is 7. The smallest absolute Gasteiger partial charge is 0.281 e. The van der Waals surface area contributed by atoms with Crippen LogP contribution in [0.15, 0.2) is 53.7 Å². The Labute approximate surface area is 222 Å². The molecule has 0 radical (unpaired) electrons. The lowest BCUT2D eigenvalue weighted by Crippen LogP contribution is -2.37. The second-order valence-electron chi connectivity index (χ2n) is 8.78. The topological polar surface area (TPSA) is 131 Å². The number of nitrogens with one attached hydrogen (secondary N) is 1. The fraction of sp³-hybridized carbons (Fsp3) is 0.385. The molecule has 4 heterocycles. The molecule has 0 saturated carbocycles. The Hall–Kier alpha value is -3.53. The van der Waals surface area contributed by atoms with Crippen LogP contribution in [0.25, 0.3) is 11.3 Å². The summed E-state index contributed by atoms with van der Waals surface area (Å²) >= 11 is 0. The van der Waals surface area contributed by atoms with Crippen LogP contribution < -0.4 is 15.4 Å². The van der Waals surface area contributed by atoms with Gasteiger partial charge in [-0.2, -0.15) is 8.42 Å². The van der Waals surface area contributed by atoms with Gasteiger partial charge in [0.1, 0.15) is 11.6 Å². The zero-order valence-corrected chi connectivity index (χ0v) is 20.7. The average molecular weight is 516 g/mol. The Bertz CT molecular complexity index is 1590. The summed E-state index contributed by atoms with van der Waals surface area (Å²) in [5.41, 5.74) is 6.61. The van der Waals surface area contributed by atoms with E-state index >= 15 is 0 Å². The van der Waals surface area contributed by atoms with Crippen molar-refractivity contribution in [1.29, 1.82) is 0 Å². The van der Waals surface area contributed by atoms with Crippen LogP contribution >= 0.6 is 0 Å². The van der Waals surface area contributed by atoms with Crippen molar-refractivity contribution in [2.45, 2.75) is 63.9 Å². The zero-order valence-electron chi connectivity index (χ0n) is 26.9. The summed E-state index contributed by atoms with van der Waals surface area (Å²) in [5, 5.41) is -0.408. The van der Waals surface area contributed by atoms with Crippen molar-refractivity contribution in [1.82, 2.24) is 19.7 Å². The molecule has 10 heteroatoms. The standard InChI is InChI=1S/C26H32N6O3S/c1-16(2)14-20-11-10-19(15-28-20)22-13-12-21(25(29-22)32-17(3)8-9-18(32)4)26(33)31-36(34,35)24-7-5-6-23(27)30-24/h5-7,10-13,15-18H,8-9,14H2,1-4H3,(H2,27,30)(H,31,33)/t17-,18+/i1D3,2D3,16D. The van der Waals surface area contributed by atoms with E-state index in [-0.39, 0.29) is 35.0 Å². The van der Waals surface area contributed by atoms with Gasteiger partial charge in [0.05, 0.1) is 11.3 Å². The fourth-order valence-electron chi connectivity index (χ4n) is 4.27. The molecule has 1 fully saturated rings. The molecule has 1 amide bonds. The summed E-state index contributed by atoms with van der Waals surface area (Å²) in [6.45, 7) is -2.20. The first-order valence-corrected chi connectivity index (χ1v) is 12.9. The van der Waals surface area contributed by atoms with Gasteiger partial charge in [-0.3, -0.25) is 9.78 Å². The lowest BCUT2D eigenvalue weighted by atomic mass is 10.1. The molecular weight excluding hydrogens is 476 g/mol. The second kappa shape index (κ2) is 10.2. The molecular formula is C26H32N6O3S. The number of carbonyl (C=O) groups is 1. The van der Waals surface area contributed by atoms with Crippen molar-refractivity contribution in [3.8, 4) is 11.3 Å². The van der Waals surface area contributed by atoms with Crippen LogP contribution in [0.4, 0.5) is 11.6 Å². The number of aromatic nitrogens is 3. The van der Waals surface area contributed by atoms with Gasteiger partial charge in [0.2, 0.25) is 0 Å². The number of hydrogen-bond donors (Lipinski definition) is 2. The third kappa shape index (κ3) is 5.48. The number of nitrogen functional groups attached to an aromatic ring is 1. The molecule has 1 saturated heterocycles. The van der Waals surface area contributed by atoms with Gasteiger partial charge in [-0.1, -0.05) is 19.8 Å². The van der Waals surface area contributed by atoms with Crippen LogP contribution in [-0.2, 0) is 16.4 Å². The van der Waals surface area contributed by atoms with E-state index < -0.39 is 47.0 Å². The highest BCUT2D eigenvalue weighted by atomic mass is 32.2. The van der Waals surface area contributed by atoms with Gasteiger partial charge in [0, 0.05) is 39.1 Å². The number of carbonyl (C=O) groups excluding carboxylic acids is 1. The van der Waals surface area contributed by atoms with Gasteiger partial charge in [-0.15, -0.1) is 0 Å². The van der Waals surface area contributed by atoms with Crippen LogP contribution in [0.5, 0.6) is 0 Å². The summed E-state index contributed by atoms with van der Waals surface area (Å²) in [6, 6.07) is 10.0. The van der Waals surface area contributed by atoms with Crippen LogP contribution in [0.3, 0.4) is 0 Å². The number of pyridine rings is 3. The minimum Gasteiger partial charge on any atom is -0.384 e. The number of anilines is 2. The van der Waals surface area contributed by atoms with Gasteiger partial charge in [-0.05, 0) is 75.4 Å². The van der Waals surface area contributed by atoms with Gasteiger partial charge >= 0.3 is 0 Å². The zero-order chi connectivity index (χ0) is 32.0. The molecule has 3 aromatic rings. The second-order valence-corrected chi connectivity index (χ2v) is 10.4. The summed E-state index contributed by atoms with van der Waals surface area (Å²) in [4.78, 5) is 28.0. The highest BCUT2D eigenvalue weighted by Crippen LogP contribution is 2.33. The first-order valence-electron chi connectivity index (χ1n) is 14.9. The molecule has 1 aliphatic heterocycles. The van der Waals surface area contributed by atoms with E-state index in [0.29, 0.717) is 11.3 Å². The molecule has 4 rings (SSSR count). The quantitative estimate of drug-likeness (QED) is 0.486. The van der Waals surface area contributed by atoms with Crippen molar-refractivity contribution in [2.75, 3.05) is 10.6 Å². The Morgan fingerprint density at radius 2 is 1.92 bits per heavy atom. The summed E-state index contributed by atoms with van der Waals surface area (Å²) in [5.74, 6) is -3.41. The minimum atomic E-state index is -4.34. The first-order chi connectivity index (χ1) is 19.8. The first kappa shape index (κ1) is 17.8. The lowest BCUT2D eigenvalue weighted by molar-refractivity contribution is 0.0981. The maximum Gasteiger partial charge on any atom is 0.281 e. The molecule has 190 valence electrons. The van der Waals surface area contributed by atoms with Gasteiger partial charge < -0.3 is 10.6 Å². The van der Waals surface area contributed by atoms with Gasteiger partial charge in [0.15, 0.2) is 5.03 Å². The molecule has 1 aliphatic rings. The maximum atomic E-state index is 13.4. The van der Waals surface area contributed by atoms with E-state index in [0.717, 1.165) is 12.8 Å². The van der Waals surface area contributed by atoms with Crippen molar-refractivity contribution in [3.05, 3.63) is 59.9 Å². The lowest BCUT2D eigenvalue weighted by Gasteiger charge is -2.29. The molecule has 9 nitrogen and oxygen atoms in total. The van der Waals surface area contributed by atoms with Crippen molar-refractivity contribution < 1.29 is 22.8 Å². The molecule has 0 aliphatic carbocycles. The SMILES string of the molecule is [2H]C([2H])([2H])C([2H])(Cc1ccc(-c2ccc(C(=O)NS(=O)(=O)c3cccc(N)n3)c(N3[C@H](C)CC[C@@H]3C)n2)cn1)C([2H])([2H])[2H]. The summed E-state index contributed by atoms with van der Waals surface area (Å²) in [6.07, 6.45) is 2.42. The van der Waals surface area contributed by atoms with E-state index in [1.165, 1.54) is 42.6 Å². The van der Waals surface area contributed by atoms with E-state index in [9.17, 15) is 13.2 Å². The van der Waals surface area contributed by atoms with Crippen LogP contribution in [0.1, 0.15) is 66.0 Å². The molecule has 2 atom stereocenters. The van der Waals surface area contributed by atoms with Crippen molar-refractivity contribution in [2.24, 2.45) is 5.89 Å². The van der Waals surface area contributed by atoms with Gasteiger partial charge in [-0.25, -0.2) is 14.7 Å². The number of hydrogen-bond acceptors (Lipinski definition) is 8. The summed E-state index contributed by atoms with van der Waals surface area (Å²) < 4.78 is 81.9. The molecule has 0 aromatic carbocycles. The molecule has 3 aromatic heterocycles. The number of nitrogens with two attached hydrogens (primary N) is 1.